The van der Waals surface area contributed by atoms with E-state index in [2.05, 4.69) is 38.0 Å². The number of hydrogen-bond acceptors (Lipinski definition) is 9. The Balaban J connectivity index is 4.76. The number of aliphatic imine (C=N–C) groups is 1. The number of nitrogens with zero attached hydrogens (tertiary/aromatic N) is 1. The lowest BCUT2D eigenvalue weighted by Gasteiger charge is -2.30. The molecule has 2 N–H and O–H groups in total. The van der Waals surface area contributed by atoms with Gasteiger partial charge >= 0.3 is 17.8 Å². The lowest BCUT2D eigenvalue weighted by Crippen LogP contribution is -2.42. The van der Waals surface area contributed by atoms with Crippen molar-refractivity contribution in [2.24, 2.45) is 22.7 Å². The van der Waals surface area contributed by atoms with Gasteiger partial charge in [0.15, 0.2) is 0 Å². The smallest absolute Gasteiger partial charge is 0.334 e. The first-order chi connectivity index (χ1) is 17.2. The van der Waals surface area contributed by atoms with Crippen molar-refractivity contribution in [3.8, 4) is 0 Å². The van der Waals surface area contributed by atoms with Crippen molar-refractivity contribution >= 4 is 47.3 Å². The summed E-state index contributed by atoms with van der Waals surface area (Å²) < 4.78 is 25.1. The van der Waals surface area contributed by atoms with E-state index in [4.69, 9.17) is 17.7 Å². The lowest BCUT2D eigenvalue weighted by atomic mass is 10.2. The average molecular weight is 586 g/mol. The van der Waals surface area contributed by atoms with E-state index >= 15 is 0 Å². The van der Waals surface area contributed by atoms with Gasteiger partial charge in [0, 0.05) is 64.4 Å². The normalized spacial score (nSPS) is 17.5. The Hall–Kier alpha value is 0.564. The molecule has 0 amide bonds. The van der Waals surface area contributed by atoms with E-state index < -0.39 is 17.8 Å². The van der Waals surface area contributed by atoms with Crippen LogP contribution in [0.1, 0.15) is 59.8 Å². The summed E-state index contributed by atoms with van der Waals surface area (Å²) in [6.07, 6.45) is 5.29. The zero-order valence-corrected chi connectivity index (χ0v) is 27.6. The van der Waals surface area contributed by atoms with E-state index in [1.807, 2.05) is 32.7 Å². The number of hydrogen-bond donors (Lipinski definition) is 3. The van der Waals surface area contributed by atoms with Gasteiger partial charge in [0.1, 0.15) is 0 Å². The lowest BCUT2D eigenvalue weighted by molar-refractivity contribution is 0.0939. The monoisotopic (exact) mass is 585 g/mol. The number of unbranched alkanes of at least 4 members (excludes halogenated alkanes) is 1. The number of rotatable bonds is 24. The Kier molecular flexibility index (Phi) is 23.8. The molecule has 0 aromatic carbocycles. The van der Waals surface area contributed by atoms with Gasteiger partial charge in [-0.3, -0.25) is 4.99 Å². The highest BCUT2D eigenvalue weighted by atomic mass is 32.2. The van der Waals surface area contributed by atoms with Crippen LogP contribution in [-0.4, -0.2) is 91.3 Å². The maximum Gasteiger partial charge on any atom is 0.334 e. The van der Waals surface area contributed by atoms with Crippen molar-refractivity contribution in [2.45, 2.75) is 78.4 Å². The molecule has 0 saturated carbocycles. The van der Waals surface area contributed by atoms with Gasteiger partial charge in [-0.25, -0.2) is 0 Å². The van der Waals surface area contributed by atoms with Crippen LogP contribution < -0.4 is 0 Å². The van der Waals surface area contributed by atoms with E-state index in [1.165, 1.54) is 5.04 Å². The highest BCUT2D eigenvalue weighted by molar-refractivity contribution is 8.13. The van der Waals surface area contributed by atoms with E-state index in [0.29, 0.717) is 26.4 Å². The number of thiol groups is 1. The second-order valence-corrected chi connectivity index (χ2v) is 17.1. The Morgan fingerprint density at radius 2 is 1.53 bits per heavy atom. The van der Waals surface area contributed by atoms with Gasteiger partial charge in [-0.2, -0.15) is 12.6 Å². The number of aliphatic hydroxyl groups is 2. The molecule has 0 aliphatic rings. The third kappa shape index (κ3) is 19.6. The second-order valence-electron chi connectivity index (χ2n) is 10.1. The van der Waals surface area contributed by atoms with Crippen molar-refractivity contribution in [1.29, 1.82) is 0 Å². The first-order valence-corrected chi connectivity index (χ1v) is 19.6. The number of aliphatic hydroxyl groups excluding tert-OH is 2. The molecule has 0 fully saturated rings. The van der Waals surface area contributed by atoms with E-state index in [9.17, 15) is 10.2 Å². The zero-order valence-electron chi connectivity index (χ0n) is 23.7. The van der Waals surface area contributed by atoms with Crippen LogP contribution in [0.3, 0.4) is 0 Å². The van der Waals surface area contributed by atoms with Crippen LogP contribution in [0, 0.1) is 17.8 Å². The predicted molar refractivity (Wildman–Crippen MR) is 162 cm³/mol. The van der Waals surface area contributed by atoms with Crippen LogP contribution in [0.2, 0.25) is 18.6 Å². The first-order valence-electron chi connectivity index (χ1n) is 13.7. The quantitative estimate of drug-likeness (QED) is 0.0488. The Morgan fingerprint density at radius 1 is 0.944 bits per heavy atom. The van der Waals surface area contributed by atoms with E-state index in [-0.39, 0.29) is 31.0 Å². The summed E-state index contributed by atoms with van der Waals surface area (Å²) in [6.45, 7) is 12.9. The molecule has 0 aromatic rings. The Bertz CT molecular complexity index is 553. The van der Waals surface area contributed by atoms with Gasteiger partial charge in [0.2, 0.25) is 0 Å². The summed E-state index contributed by atoms with van der Waals surface area (Å²) in [5.41, 5.74) is 0. The molecular weight excluding hydrogens is 531 g/mol. The van der Waals surface area contributed by atoms with Crippen molar-refractivity contribution < 1.29 is 27.9 Å². The van der Waals surface area contributed by atoms with E-state index in [0.717, 1.165) is 55.7 Å². The minimum atomic E-state index is -2.39. The summed E-state index contributed by atoms with van der Waals surface area (Å²) in [7, 11) is -2.31. The minimum absolute atomic E-state index is 0.0985. The van der Waals surface area contributed by atoms with Crippen molar-refractivity contribution in [3.05, 3.63) is 0 Å². The molecule has 36 heavy (non-hydrogen) atoms. The highest BCUT2D eigenvalue weighted by Gasteiger charge is 2.32. The molecule has 5 unspecified atom stereocenters. The summed E-state index contributed by atoms with van der Waals surface area (Å²) in [4.78, 5) is 4.39. The third-order valence-electron chi connectivity index (χ3n) is 5.71. The maximum atomic E-state index is 9.43. The van der Waals surface area contributed by atoms with Crippen LogP contribution in [0.5, 0.6) is 0 Å². The molecule has 0 spiro atoms. The predicted octanol–water partition coefficient (Wildman–Crippen LogP) is 4.90. The van der Waals surface area contributed by atoms with Gasteiger partial charge in [-0.05, 0) is 49.4 Å². The average Bonchev–Trinajstić information content (AvgIpc) is 2.88. The second kappa shape index (κ2) is 23.5. The third-order valence-corrected chi connectivity index (χ3v) is 12.1. The summed E-state index contributed by atoms with van der Waals surface area (Å²) >= 11 is 6.15. The molecule has 5 atom stereocenters. The Labute approximate surface area is 234 Å². The molecule has 0 aromatic heterocycles. The van der Waals surface area contributed by atoms with Crippen LogP contribution in [0.25, 0.3) is 0 Å². The molecule has 11 heteroatoms. The fourth-order valence-electron chi connectivity index (χ4n) is 3.20. The van der Waals surface area contributed by atoms with Crippen LogP contribution in [-0.2, 0) is 17.7 Å². The van der Waals surface area contributed by atoms with Gasteiger partial charge in [0.05, 0.1) is 5.04 Å². The molecular formula is C25H55NO6S2Si2. The number of thioether (sulfide) groups is 1. The summed E-state index contributed by atoms with van der Waals surface area (Å²) in [5.74, 6) is 2.34. The Morgan fingerprint density at radius 3 is 2.08 bits per heavy atom. The molecule has 0 bridgehead atoms. The molecule has 0 saturated heterocycles. The maximum absolute atomic E-state index is 9.43. The SMILES string of the molecule is CCCC(=NC)SCCC[Si](C)(OCC(C)CO)OCC(C)CO[SiH](CCCCS)OCC(C)CO. The van der Waals surface area contributed by atoms with Gasteiger partial charge < -0.3 is 27.9 Å². The van der Waals surface area contributed by atoms with Gasteiger partial charge in [0.25, 0.3) is 0 Å². The van der Waals surface area contributed by atoms with Crippen molar-refractivity contribution in [2.75, 3.05) is 58.2 Å². The molecule has 0 radical (unpaired) electrons. The van der Waals surface area contributed by atoms with Crippen LogP contribution >= 0.6 is 24.4 Å². The van der Waals surface area contributed by atoms with Crippen LogP contribution in [0.4, 0.5) is 0 Å². The molecule has 0 heterocycles. The van der Waals surface area contributed by atoms with Crippen LogP contribution in [0.15, 0.2) is 4.99 Å². The minimum Gasteiger partial charge on any atom is -0.396 e. The first kappa shape index (κ1) is 36.6. The molecule has 0 aliphatic heterocycles. The zero-order chi connectivity index (χ0) is 27.2. The van der Waals surface area contributed by atoms with Crippen molar-refractivity contribution in [3.63, 3.8) is 0 Å². The molecule has 216 valence electrons. The topological polar surface area (TPSA) is 89.7 Å². The van der Waals surface area contributed by atoms with E-state index in [1.54, 1.807) is 0 Å². The largest absolute Gasteiger partial charge is 0.396 e. The fourth-order valence-corrected chi connectivity index (χ4v) is 9.29. The highest BCUT2D eigenvalue weighted by Crippen LogP contribution is 2.22. The van der Waals surface area contributed by atoms with Gasteiger partial charge in [-0.15, -0.1) is 11.8 Å². The fraction of sp³-hybridized carbons (Fsp3) is 0.960. The summed E-state index contributed by atoms with van der Waals surface area (Å²) in [5, 5.41) is 19.9. The molecule has 7 nitrogen and oxygen atoms in total. The van der Waals surface area contributed by atoms with Crippen molar-refractivity contribution in [1.82, 2.24) is 0 Å². The van der Waals surface area contributed by atoms with Gasteiger partial charge in [-0.1, -0.05) is 40.5 Å². The summed E-state index contributed by atoms with van der Waals surface area (Å²) in [6, 6.07) is 1.87. The standard InChI is InChI=1S/C25H55NO6S2Si2/c1-7-11-25(26-5)34-13-10-15-36(6,31-20-23(3)17-28)32-21-24(4)19-30-35(14-9-8-12-33)29-18-22(2)16-27/h22-24,27-28,33,35H,7-21H2,1-6H3. The molecule has 0 rings (SSSR count). The molecule has 0 aliphatic carbocycles.